The zero-order chi connectivity index (χ0) is 20.2. The van der Waals surface area contributed by atoms with Crippen LogP contribution in [0.15, 0.2) is 42.3 Å². The van der Waals surface area contributed by atoms with Gasteiger partial charge in [0.05, 0.1) is 35.2 Å². The largest absolute Gasteiger partial charge is 0.352 e. The van der Waals surface area contributed by atoms with Crippen molar-refractivity contribution < 1.29 is 9.59 Å². The summed E-state index contributed by atoms with van der Waals surface area (Å²) in [5, 5.41) is 9.47. The number of nitrogens with zero attached hydrogens (tertiary/aromatic N) is 5. The van der Waals surface area contributed by atoms with Gasteiger partial charge >= 0.3 is 0 Å². The topological polar surface area (TPSA) is 93.0 Å². The average molecular weight is 411 g/mol. The molecule has 1 aliphatic heterocycles. The van der Waals surface area contributed by atoms with E-state index in [4.69, 9.17) is 0 Å². The molecule has 3 aromatic heterocycles. The maximum atomic E-state index is 12.5. The molecule has 9 heteroatoms. The number of hydrogen-bond acceptors (Lipinski definition) is 6. The smallest absolute Gasteiger partial charge is 0.242 e. The van der Waals surface area contributed by atoms with Crippen molar-refractivity contribution in [3.8, 4) is 21.8 Å². The van der Waals surface area contributed by atoms with Gasteiger partial charge in [0.25, 0.3) is 0 Å². The Morgan fingerprint density at radius 1 is 1.34 bits per heavy atom. The van der Waals surface area contributed by atoms with Crippen molar-refractivity contribution in [3.05, 3.63) is 42.3 Å². The number of carbonyl (C=O) groups is 2. The van der Waals surface area contributed by atoms with Crippen LogP contribution in [-0.4, -0.2) is 55.6 Å². The molecular weight excluding hydrogens is 388 g/mol. The third-order valence-corrected chi connectivity index (χ3v) is 5.89. The number of amides is 2. The SMILES string of the molecule is CC(C(=O)NCCn1ncc(-c2cnccn2)c1-c1cccs1)N1CCCC1=O. The van der Waals surface area contributed by atoms with Gasteiger partial charge in [-0.1, -0.05) is 6.07 Å². The van der Waals surface area contributed by atoms with Gasteiger partial charge in [-0.05, 0) is 24.8 Å². The maximum absolute atomic E-state index is 12.5. The third kappa shape index (κ3) is 4.04. The Morgan fingerprint density at radius 3 is 2.93 bits per heavy atom. The van der Waals surface area contributed by atoms with E-state index in [0.717, 1.165) is 28.2 Å². The van der Waals surface area contributed by atoms with Gasteiger partial charge in [0.15, 0.2) is 0 Å². The highest BCUT2D eigenvalue weighted by molar-refractivity contribution is 7.13. The minimum atomic E-state index is -0.449. The van der Waals surface area contributed by atoms with E-state index in [2.05, 4.69) is 20.4 Å². The zero-order valence-corrected chi connectivity index (χ0v) is 16.9. The number of rotatable bonds is 7. The lowest BCUT2D eigenvalue weighted by atomic mass is 10.1. The van der Waals surface area contributed by atoms with Crippen molar-refractivity contribution in [3.63, 3.8) is 0 Å². The number of carbonyl (C=O) groups excluding carboxylic acids is 2. The monoisotopic (exact) mass is 410 g/mol. The molecule has 4 heterocycles. The van der Waals surface area contributed by atoms with Crippen LogP contribution in [0, 0.1) is 0 Å². The summed E-state index contributed by atoms with van der Waals surface area (Å²) in [5.74, 6) is -0.0902. The molecule has 3 aromatic rings. The minimum absolute atomic E-state index is 0.0494. The van der Waals surface area contributed by atoms with E-state index in [-0.39, 0.29) is 11.8 Å². The van der Waals surface area contributed by atoms with E-state index in [1.165, 1.54) is 0 Å². The van der Waals surface area contributed by atoms with E-state index in [1.54, 1.807) is 47.9 Å². The number of nitrogens with one attached hydrogen (secondary N) is 1. The van der Waals surface area contributed by atoms with E-state index >= 15 is 0 Å². The van der Waals surface area contributed by atoms with Crippen molar-refractivity contribution in [2.75, 3.05) is 13.1 Å². The molecular formula is C20H22N6O2S. The van der Waals surface area contributed by atoms with Gasteiger partial charge in [0.2, 0.25) is 11.8 Å². The van der Waals surface area contributed by atoms with Crippen LogP contribution in [0.2, 0.25) is 0 Å². The normalized spacial score (nSPS) is 14.9. The Kier molecular flexibility index (Phi) is 5.66. The Balaban J connectivity index is 1.47. The molecule has 0 aromatic carbocycles. The van der Waals surface area contributed by atoms with E-state index in [1.807, 2.05) is 22.2 Å². The van der Waals surface area contributed by atoms with Gasteiger partial charge < -0.3 is 10.2 Å². The van der Waals surface area contributed by atoms with Crippen molar-refractivity contribution >= 4 is 23.2 Å². The fraction of sp³-hybridized carbons (Fsp3) is 0.350. The standard InChI is InChI=1S/C20H22N6O2S/c1-14(25-9-2-5-18(25)27)20(28)23-8-10-26-19(17-4-3-11-29-17)15(12-24-26)16-13-21-6-7-22-16/h3-4,6-7,11-14H,2,5,8-10H2,1H3,(H,23,28). The Hall–Kier alpha value is -3.07. The number of likely N-dealkylation sites (tertiary alicyclic amines) is 1. The second-order valence-corrected chi connectivity index (χ2v) is 7.80. The Morgan fingerprint density at radius 2 is 2.24 bits per heavy atom. The van der Waals surface area contributed by atoms with Gasteiger partial charge in [0.1, 0.15) is 6.04 Å². The minimum Gasteiger partial charge on any atom is -0.352 e. The molecule has 1 N–H and O–H groups in total. The summed E-state index contributed by atoms with van der Waals surface area (Å²) in [7, 11) is 0. The molecule has 4 rings (SSSR count). The highest BCUT2D eigenvalue weighted by Crippen LogP contribution is 2.33. The second kappa shape index (κ2) is 8.52. The van der Waals surface area contributed by atoms with Crippen molar-refractivity contribution in [1.82, 2.24) is 30.0 Å². The van der Waals surface area contributed by atoms with E-state index in [9.17, 15) is 9.59 Å². The maximum Gasteiger partial charge on any atom is 0.242 e. The molecule has 0 radical (unpaired) electrons. The lowest BCUT2D eigenvalue weighted by molar-refractivity contribution is -0.136. The highest BCUT2D eigenvalue weighted by atomic mass is 32.1. The van der Waals surface area contributed by atoms with Crippen LogP contribution >= 0.6 is 11.3 Å². The molecule has 0 aliphatic carbocycles. The number of aromatic nitrogens is 4. The summed E-state index contributed by atoms with van der Waals surface area (Å²) in [4.78, 5) is 35.6. The molecule has 0 saturated carbocycles. The molecule has 8 nitrogen and oxygen atoms in total. The fourth-order valence-electron chi connectivity index (χ4n) is 3.51. The highest BCUT2D eigenvalue weighted by Gasteiger charge is 2.29. The lowest BCUT2D eigenvalue weighted by Crippen LogP contribution is -2.46. The molecule has 29 heavy (non-hydrogen) atoms. The van der Waals surface area contributed by atoms with Crippen LogP contribution in [0.1, 0.15) is 19.8 Å². The van der Waals surface area contributed by atoms with Gasteiger partial charge in [-0.2, -0.15) is 5.10 Å². The molecule has 1 unspecified atom stereocenters. The quantitative estimate of drug-likeness (QED) is 0.645. The summed E-state index contributed by atoms with van der Waals surface area (Å²) in [5.41, 5.74) is 2.62. The average Bonchev–Trinajstić information content (AvgIpc) is 3.48. The molecule has 2 amide bonds. The fourth-order valence-corrected chi connectivity index (χ4v) is 4.29. The van der Waals surface area contributed by atoms with Crippen LogP contribution in [0.3, 0.4) is 0 Å². The number of thiophene rings is 1. The predicted molar refractivity (Wildman–Crippen MR) is 110 cm³/mol. The van der Waals surface area contributed by atoms with Gasteiger partial charge in [-0.3, -0.25) is 24.2 Å². The first-order valence-corrected chi connectivity index (χ1v) is 10.5. The first kappa shape index (κ1) is 19.3. The molecule has 0 spiro atoms. The number of hydrogen-bond donors (Lipinski definition) is 1. The first-order valence-electron chi connectivity index (χ1n) is 9.58. The molecule has 1 aliphatic rings. The van der Waals surface area contributed by atoms with Gasteiger partial charge in [-0.25, -0.2) is 0 Å². The van der Waals surface area contributed by atoms with Crippen molar-refractivity contribution in [2.24, 2.45) is 0 Å². The summed E-state index contributed by atoms with van der Waals surface area (Å²) in [6.07, 6.45) is 8.15. The van der Waals surface area contributed by atoms with Crippen LogP contribution in [0.4, 0.5) is 0 Å². The Labute approximate surface area is 172 Å². The lowest BCUT2D eigenvalue weighted by Gasteiger charge is -2.23. The molecule has 1 atom stereocenters. The first-order chi connectivity index (χ1) is 14.1. The third-order valence-electron chi connectivity index (χ3n) is 5.01. The summed E-state index contributed by atoms with van der Waals surface area (Å²) in [6.45, 7) is 3.36. The molecule has 0 bridgehead atoms. The van der Waals surface area contributed by atoms with Gasteiger partial charge in [-0.15, -0.1) is 11.3 Å². The zero-order valence-electron chi connectivity index (χ0n) is 16.1. The van der Waals surface area contributed by atoms with Crippen molar-refractivity contribution in [1.29, 1.82) is 0 Å². The van der Waals surface area contributed by atoms with E-state index in [0.29, 0.717) is 26.1 Å². The van der Waals surface area contributed by atoms with Crippen molar-refractivity contribution in [2.45, 2.75) is 32.4 Å². The molecule has 1 saturated heterocycles. The summed E-state index contributed by atoms with van der Waals surface area (Å²) >= 11 is 1.62. The molecule has 150 valence electrons. The van der Waals surface area contributed by atoms with E-state index < -0.39 is 6.04 Å². The van der Waals surface area contributed by atoms with Crippen LogP contribution in [0.25, 0.3) is 21.8 Å². The summed E-state index contributed by atoms with van der Waals surface area (Å²) in [6, 6.07) is 3.58. The summed E-state index contributed by atoms with van der Waals surface area (Å²) < 4.78 is 1.88. The molecule has 1 fully saturated rings. The Bertz CT molecular complexity index is 986. The van der Waals surface area contributed by atoms with Crippen LogP contribution in [-0.2, 0) is 16.1 Å². The van der Waals surface area contributed by atoms with Gasteiger partial charge in [0, 0.05) is 37.5 Å². The second-order valence-electron chi connectivity index (χ2n) is 6.86. The van der Waals surface area contributed by atoms with Crippen LogP contribution in [0.5, 0.6) is 0 Å². The van der Waals surface area contributed by atoms with Crippen LogP contribution < -0.4 is 5.32 Å². The predicted octanol–water partition coefficient (Wildman–Crippen LogP) is 2.20.